The Bertz CT molecular complexity index is 381. The molecule has 1 saturated heterocycles. The zero-order chi connectivity index (χ0) is 12.5. The van der Waals surface area contributed by atoms with Crippen LogP contribution in [0.4, 0.5) is 4.79 Å². The van der Waals surface area contributed by atoms with Crippen LogP contribution in [0, 0.1) is 5.41 Å². The van der Waals surface area contributed by atoms with Crippen LogP contribution in [-0.2, 0) is 9.59 Å². The Morgan fingerprint density at radius 2 is 2.00 bits per heavy atom. The minimum absolute atomic E-state index is 0.225. The average Bonchev–Trinajstić information content (AvgIpc) is 2.29. The second kappa shape index (κ2) is 4.29. The van der Waals surface area contributed by atoms with Gasteiger partial charge in [-0.15, -0.1) is 0 Å². The second-order valence-electron chi connectivity index (χ2n) is 4.53. The molecule has 0 bridgehead atoms. The van der Waals surface area contributed by atoms with Crippen molar-refractivity contribution in [1.82, 2.24) is 4.90 Å². The van der Waals surface area contributed by atoms with Gasteiger partial charge in [0.05, 0.1) is 4.91 Å². The fourth-order valence-electron chi connectivity index (χ4n) is 1.16. The lowest BCUT2D eigenvalue weighted by Crippen LogP contribution is -2.33. The number of carboxylic acid groups (broad SMARTS) is 1. The Kier molecular flexibility index (Phi) is 3.42. The first-order chi connectivity index (χ1) is 7.20. The van der Waals surface area contributed by atoms with Gasteiger partial charge in [-0.2, -0.15) is 0 Å². The number of thioether (sulfide) groups is 1. The van der Waals surface area contributed by atoms with Crippen molar-refractivity contribution in [3.05, 3.63) is 11.0 Å². The predicted octanol–water partition coefficient (Wildman–Crippen LogP) is 1.70. The molecular weight excluding hydrogens is 230 g/mol. The highest BCUT2D eigenvalue weighted by Gasteiger charge is 2.36. The van der Waals surface area contributed by atoms with Crippen molar-refractivity contribution in [3.63, 3.8) is 0 Å². The maximum absolute atomic E-state index is 11.7. The summed E-state index contributed by atoms with van der Waals surface area (Å²) in [4.78, 5) is 34.6. The fraction of sp³-hybridized carbons (Fsp3) is 0.500. The lowest BCUT2D eigenvalue weighted by Gasteiger charge is -2.12. The summed E-state index contributed by atoms with van der Waals surface area (Å²) in [7, 11) is 0. The van der Waals surface area contributed by atoms with E-state index >= 15 is 0 Å². The van der Waals surface area contributed by atoms with E-state index in [-0.39, 0.29) is 5.41 Å². The number of carboxylic acids is 1. The highest BCUT2D eigenvalue weighted by atomic mass is 32.2. The number of nitrogens with zero attached hydrogens (tertiary/aromatic N) is 1. The molecule has 0 aromatic heterocycles. The number of imide groups is 1. The monoisotopic (exact) mass is 243 g/mol. The first-order valence-corrected chi connectivity index (χ1v) is 5.51. The Balaban J connectivity index is 2.91. The molecule has 0 radical (unpaired) electrons. The van der Waals surface area contributed by atoms with Gasteiger partial charge < -0.3 is 5.11 Å². The molecule has 0 aliphatic carbocycles. The van der Waals surface area contributed by atoms with Gasteiger partial charge in [-0.25, -0.2) is 0 Å². The molecule has 2 amide bonds. The SMILES string of the molecule is CC(C)(C)/C=C1\SC(=O)N(CC(=O)O)C1=O. The maximum atomic E-state index is 11.7. The van der Waals surface area contributed by atoms with Gasteiger partial charge in [0, 0.05) is 0 Å². The van der Waals surface area contributed by atoms with Crippen LogP contribution in [0.25, 0.3) is 0 Å². The molecule has 1 N–H and O–H groups in total. The van der Waals surface area contributed by atoms with Crippen LogP contribution in [0.15, 0.2) is 11.0 Å². The van der Waals surface area contributed by atoms with Crippen molar-refractivity contribution >= 4 is 28.9 Å². The molecule has 0 aromatic rings. The third kappa shape index (κ3) is 3.10. The predicted molar refractivity (Wildman–Crippen MR) is 59.9 cm³/mol. The smallest absolute Gasteiger partial charge is 0.323 e. The van der Waals surface area contributed by atoms with Crippen LogP contribution >= 0.6 is 11.8 Å². The molecule has 0 saturated carbocycles. The molecule has 1 heterocycles. The Hall–Kier alpha value is -1.30. The van der Waals surface area contributed by atoms with Crippen molar-refractivity contribution in [1.29, 1.82) is 0 Å². The number of aliphatic carboxylic acids is 1. The summed E-state index contributed by atoms with van der Waals surface area (Å²) in [5.41, 5.74) is -0.225. The zero-order valence-electron chi connectivity index (χ0n) is 9.31. The molecule has 16 heavy (non-hydrogen) atoms. The molecule has 0 atom stereocenters. The number of hydrogen-bond donors (Lipinski definition) is 1. The Morgan fingerprint density at radius 1 is 1.44 bits per heavy atom. The van der Waals surface area contributed by atoms with Crippen LogP contribution in [0.1, 0.15) is 20.8 Å². The van der Waals surface area contributed by atoms with E-state index in [2.05, 4.69) is 0 Å². The van der Waals surface area contributed by atoms with Crippen LogP contribution in [0.3, 0.4) is 0 Å². The summed E-state index contributed by atoms with van der Waals surface area (Å²) in [5.74, 6) is -1.72. The number of amides is 2. The number of allylic oxidation sites excluding steroid dienone is 1. The third-order valence-corrected chi connectivity index (χ3v) is 2.64. The van der Waals surface area contributed by atoms with Crippen molar-refractivity contribution in [2.45, 2.75) is 20.8 Å². The summed E-state index contributed by atoms with van der Waals surface area (Å²) in [6.07, 6.45) is 1.68. The second-order valence-corrected chi connectivity index (χ2v) is 5.52. The van der Waals surface area contributed by atoms with Crippen LogP contribution in [0.5, 0.6) is 0 Å². The van der Waals surface area contributed by atoms with Crippen LogP contribution in [0.2, 0.25) is 0 Å². The lowest BCUT2D eigenvalue weighted by molar-refractivity contribution is -0.140. The molecule has 0 unspecified atom stereocenters. The zero-order valence-corrected chi connectivity index (χ0v) is 10.1. The van der Waals surface area contributed by atoms with E-state index in [0.717, 1.165) is 16.7 Å². The van der Waals surface area contributed by atoms with Gasteiger partial charge in [0.25, 0.3) is 11.1 Å². The average molecular weight is 243 g/mol. The molecule has 1 rings (SSSR count). The Labute approximate surface area is 97.5 Å². The number of hydrogen-bond acceptors (Lipinski definition) is 4. The minimum Gasteiger partial charge on any atom is -0.480 e. The molecular formula is C10H13NO4S. The van der Waals surface area contributed by atoms with Gasteiger partial charge in [-0.1, -0.05) is 26.8 Å². The van der Waals surface area contributed by atoms with Crippen LogP contribution < -0.4 is 0 Å². The van der Waals surface area contributed by atoms with Crippen molar-refractivity contribution in [2.24, 2.45) is 5.41 Å². The van der Waals surface area contributed by atoms with Gasteiger partial charge >= 0.3 is 5.97 Å². The molecule has 1 aliphatic heterocycles. The Morgan fingerprint density at radius 3 is 2.44 bits per heavy atom. The van der Waals surface area contributed by atoms with E-state index in [0.29, 0.717) is 4.91 Å². The maximum Gasteiger partial charge on any atom is 0.323 e. The largest absolute Gasteiger partial charge is 0.480 e. The first-order valence-electron chi connectivity index (χ1n) is 4.69. The summed E-state index contributed by atoms with van der Waals surface area (Å²) >= 11 is 0.786. The minimum atomic E-state index is -1.20. The molecule has 6 heteroatoms. The summed E-state index contributed by atoms with van der Waals surface area (Å²) in [6, 6.07) is 0. The molecule has 0 spiro atoms. The molecule has 1 aliphatic rings. The van der Waals surface area contributed by atoms with Crippen molar-refractivity contribution in [2.75, 3.05) is 6.54 Å². The van der Waals surface area contributed by atoms with Gasteiger partial charge in [0.1, 0.15) is 6.54 Å². The van der Waals surface area contributed by atoms with E-state index in [1.807, 2.05) is 20.8 Å². The number of carbonyl (C=O) groups excluding carboxylic acids is 2. The van der Waals surface area contributed by atoms with Gasteiger partial charge in [-0.05, 0) is 17.2 Å². The molecule has 1 fully saturated rings. The van der Waals surface area contributed by atoms with Gasteiger partial charge in [-0.3, -0.25) is 19.3 Å². The van der Waals surface area contributed by atoms with Crippen LogP contribution in [-0.4, -0.2) is 33.7 Å². The van der Waals surface area contributed by atoms with E-state index in [1.165, 1.54) is 0 Å². The number of rotatable bonds is 2. The normalized spacial score (nSPS) is 19.7. The molecule has 0 aromatic carbocycles. The first kappa shape index (κ1) is 12.8. The molecule has 88 valence electrons. The van der Waals surface area contributed by atoms with E-state index < -0.39 is 23.7 Å². The highest BCUT2D eigenvalue weighted by molar-refractivity contribution is 8.18. The summed E-state index contributed by atoms with van der Waals surface area (Å²) in [6.45, 7) is 5.13. The lowest BCUT2D eigenvalue weighted by atomic mass is 9.96. The summed E-state index contributed by atoms with van der Waals surface area (Å²) < 4.78 is 0. The van der Waals surface area contributed by atoms with Gasteiger partial charge in [0.2, 0.25) is 0 Å². The van der Waals surface area contributed by atoms with Gasteiger partial charge in [0.15, 0.2) is 0 Å². The summed E-state index contributed by atoms with van der Waals surface area (Å²) in [5, 5.41) is 8.03. The van der Waals surface area contributed by atoms with E-state index in [9.17, 15) is 14.4 Å². The fourth-order valence-corrected chi connectivity index (χ4v) is 2.22. The third-order valence-electron chi connectivity index (χ3n) is 1.73. The van der Waals surface area contributed by atoms with Crippen molar-refractivity contribution in [3.8, 4) is 0 Å². The highest BCUT2D eigenvalue weighted by Crippen LogP contribution is 2.33. The standard InChI is InChI=1S/C10H13NO4S/c1-10(2,3)4-6-8(14)11(5-7(12)13)9(15)16-6/h4H,5H2,1-3H3,(H,12,13)/b6-4-. The quantitative estimate of drug-likeness (QED) is 0.747. The topological polar surface area (TPSA) is 74.7 Å². The van der Waals surface area contributed by atoms with Crippen molar-refractivity contribution < 1.29 is 19.5 Å². The van der Waals surface area contributed by atoms with E-state index in [1.54, 1.807) is 6.08 Å². The number of carbonyl (C=O) groups is 3. The van der Waals surface area contributed by atoms with E-state index in [4.69, 9.17) is 5.11 Å². The molecule has 5 nitrogen and oxygen atoms in total.